The first-order valence-corrected chi connectivity index (χ1v) is 13.1. The van der Waals surface area contributed by atoms with Gasteiger partial charge in [-0.3, -0.25) is 4.79 Å². The lowest BCUT2D eigenvalue weighted by atomic mass is 9.71. The molecule has 3 aromatic rings. The molecule has 2 fully saturated rings. The van der Waals surface area contributed by atoms with Crippen LogP contribution in [0.4, 0.5) is 0 Å². The second-order valence-corrected chi connectivity index (χ2v) is 10.5. The average molecular weight is 506 g/mol. The van der Waals surface area contributed by atoms with Crippen molar-refractivity contribution < 1.29 is 23.8 Å². The predicted octanol–water partition coefficient (Wildman–Crippen LogP) is 4.69. The minimum absolute atomic E-state index is 0.00238. The van der Waals surface area contributed by atoms with E-state index < -0.39 is 11.2 Å². The summed E-state index contributed by atoms with van der Waals surface area (Å²) >= 11 is 0. The summed E-state index contributed by atoms with van der Waals surface area (Å²) in [5, 5.41) is 11.7. The summed E-state index contributed by atoms with van der Waals surface area (Å²) in [6.45, 7) is 5.17. The Morgan fingerprint density at radius 1 is 1.16 bits per heavy atom. The van der Waals surface area contributed by atoms with Gasteiger partial charge in [0.2, 0.25) is 5.91 Å². The number of aryl methyl sites for hydroxylation is 2. The van der Waals surface area contributed by atoms with Crippen LogP contribution < -0.4 is 15.1 Å². The smallest absolute Gasteiger partial charge is 0.340 e. The zero-order valence-electron chi connectivity index (χ0n) is 21.8. The van der Waals surface area contributed by atoms with Crippen LogP contribution in [0.3, 0.4) is 0 Å². The first-order valence-electron chi connectivity index (χ1n) is 13.1. The molecule has 1 N–H and O–H groups in total. The fourth-order valence-electron chi connectivity index (χ4n) is 5.92. The lowest BCUT2D eigenvalue weighted by Crippen LogP contribution is -2.55. The van der Waals surface area contributed by atoms with Crippen LogP contribution >= 0.6 is 0 Å². The van der Waals surface area contributed by atoms with Crippen LogP contribution in [-0.4, -0.2) is 41.7 Å². The number of piperidine rings is 1. The molecule has 196 valence electrons. The number of amides is 1. The van der Waals surface area contributed by atoms with E-state index in [1.807, 2.05) is 55.1 Å². The fourth-order valence-corrected chi connectivity index (χ4v) is 5.92. The summed E-state index contributed by atoms with van der Waals surface area (Å²) in [5.41, 5.74) is 2.21. The molecule has 1 amide bonds. The Balaban J connectivity index is 1.34. The number of benzene rings is 2. The Kier molecular flexibility index (Phi) is 6.99. The third-order valence-corrected chi connectivity index (χ3v) is 8.29. The number of nitrogens with zero attached hydrogens (tertiary/aromatic N) is 1. The second kappa shape index (κ2) is 10.2. The monoisotopic (exact) mass is 505 g/mol. The van der Waals surface area contributed by atoms with Gasteiger partial charge in [0, 0.05) is 30.0 Å². The third-order valence-electron chi connectivity index (χ3n) is 8.29. The number of hydrogen-bond acceptors (Lipinski definition) is 6. The molecule has 1 saturated heterocycles. The van der Waals surface area contributed by atoms with Crippen LogP contribution in [0.25, 0.3) is 11.0 Å². The van der Waals surface area contributed by atoms with Crippen LogP contribution in [0, 0.1) is 19.8 Å². The fraction of sp³-hybridized carbons (Fsp3) is 0.467. The number of rotatable bonds is 6. The number of fused-ring (bicyclic) bond motifs is 2. The summed E-state index contributed by atoms with van der Waals surface area (Å²) in [4.78, 5) is 28.1. The quantitative estimate of drug-likeness (QED) is 0.489. The van der Waals surface area contributed by atoms with Crippen molar-refractivity contribution in [2.75, 3.05) is 20.2 Å². The van der Waals surface area contributed by atoms with Gasteiger partial charge in [-0.1, -0.05) is 25.0 Å². The maximum atomic E-state index is 13.2. The molecule has 2 aliphatic rings. The molecule has 0 bridgehead atoms. The topological polar surface area (TPSA) is 89.2 Å². The van der Waals surface area contributed by atoms with Gasteiger partial charge in [0.15, 0.2) is 0 Å². The predicted molar refractivity (Wildman–Crippen MR) is 141 cm³/mol. The van der Waals surface area contributed by atoms with Crippen molar-refractivity contribution >= 4 is 16.9 Å². The van der Waals surface area contributed by atoms with Crippen LogP contribution in [0.15, 0.2) is 45.6 Å². The molecular formula is C30H35NO6. The normalized spacial score (nSPS) is 21.5. The lowest BCUT2D eigenvalue weighted by molar-refractivity contribution is -0.142. The van der Waals surface area contributed by atoms with E-state index in [2.05, 4.69) is 0 Å². The van der Waals surface area contributed by atoms with E-state index >= 15 is 0 Å². The summed E-state index contributed by atoms with van der Waals surface area (Å²) in [6, 6.07) is 11.4. The largest absolute Gasteiger partial charge is 0.497 e. The molecule has 5 rings (SSSR count). The van der Waals surface area contributed by atoms with E-state index in [9.17, 15) is 14.7 Å². The number of carbonyl (C=O) groups excluding carboxylic acids is 1. The Bertz CT molecular complexity index is 1380. The zero-order chi connectivity index (χ0) is 26.2. The Hall–Kier alpha value is -3.32. The number of ether oxygens (including phenoxy) is 2. The van der Waals surface area contributed by atoms with Gasteiger partial charge in [0.05, 0.1) is 24.7 Å². The van der Waals surface area contributed by atoms with Crippen molar-refractivity contribution in [3.63, 3.8) is 0 Å². The minimum Gasteiger partial charge on any atom is -0.497 e. The van der Waals surface area contributed by atoms with Gasteiger partial charge in [-0.25, -0.2) is 4.79 Å². The molecule has 1 aromatic heterocycles. The molecule has 2 aromatic carbocycles. The van der Waals surface area contributed by atoms with Gasteiger partial charge >= 0.3 is 5.63 Å². The number of methoxy groups -OCH3 is 1. The molecule has 2 atom stereocenters. The van der Waals surface area contributed by atoms with Gasteiger partial charge in [-0.05, 0) is 68.5 Å². The van der Waals surface area contributed by atoms with E-state index in [1.165, 1.54) is 0 Å². The summed E-state index contributed by atoms with van der Waals surface area (Å²) < 4.78 is 17.1. The molecular weight excluding hydrogens is 470 g/mol. The highest BCUT2D eigenvalue weighted by molar-refractivity contribution is 5.87. The number of hydrogen-bond donors (Lipinski definition) is 1. The van der Waals surface area contributed by atoms with E-state index in [4.69, 9.17) is 13.9 Å². The lowest BCUT2D eigenvalue weighted by Gasteiger charge is -2.47. The van der Waals surface area contributed by atoms with Crippen LogP contribution in [-0.2, 0) is 17.8 Å². The van der Waals surface area contributed by atoms with Gasteiger partial charge in [0.25, 0.3) is 0 Å². The van der Waals surface area contributed by atoms with Crippen molar-refractivity contribution in [1.29, 1.82) is 0 Å². The van der Waals surface area contributed by atoms with E-state index in [1.54, 1.807) is 7.11 Å². The van der Waals surface area contributed by atoms with Gasteiger partial charge in [-0.15, -0.1) is 0 Å². The Morgan fingerprint density at radius 3 is 2.81 bits per heavy atom. The standard InChI is InChI=1S/C30H35NO6/c1-19-24-10-11-26(36-18-21-7-6-9-23(15-21)35-3)20(2)28(24)37-29(33)25(19)16-27(32)31-14-13-30(34)12-5-4-8-22(30)17-31/h6-7,9-11,15,22,34H,4-5,8,12-14,16-18H2,1-3H3/t22-,30+/m1/s1. The van der Waals surface area contributed by atoms with Gasteiger partial charge in [0.1, 0.15) is 23.7 Å². The van der Waals surface area contributed by atoms with Gasteiger partial charge in [-0.2, -0.15) is 0 Å². The van der Waals surface area contributed by atoms with Crippen molar-refractivity contribution in [3.8, 4) is 11.5 Å². The van der Waals surface area contributed by atoms with Crippen molar-refractivity contribution in [2.45, 2.75) is 64.6 Å². The summed E-state index contributed by atoms with van der Waals surface area (Å²) in [7, 11) is 1.63. The summed E-state index contributed by atoms with van der Waals surface area (Å²) in [6.07, 6.45) is 4.50. The highest BCUT2D eigenvalue weighted by Gasteiger charge is 2.43. The van der Waals surface area contributed by atoms with Crippen molar-refractivity contribution in [1.82, 2.24) is 4.90 Å². The van der Waals surface area contributed by atoms with Gasteiger partial charge < -0.3 is 23.9 Å². The maximum Gasteiger partial charge on any atom is 0.340 e. The van der Waals surface area contributed by atoms with Crippen LogP contribution in [0.5, 0.6) is 11.5 Å². The minimum atomic E-state index is -0.642. The average Bonchev–Trinajstić information content (AvgIpc) is 2.90. The highest BCUT2D eigenvalue weighted by Crippen LogP contribution is 2.40. The molecule has 37 heavy (non-hydrogen) atoms. The van der Waals surface area contributed by atoms with Crippen LogP contribution in [0.2, 0.25) is 0 Å². The third kappa shape index (κ3) is 4.97. The molecule has 2 heterocycles. The zero-order valence-corrected chi connectivity index (χ0v) is 21.8. The molecule has 0 spiro atoms. The van der Waals surface area contributed by atoms with E-state index in [0.29, 0.717) is 43.0 Å². The van der Waals surface area contributed by atoms with Crippen molar-refractivity contribution in [3.05, 3.63) is 69.1 Å². The molecule has 7 nitrogen and oxygen atoms in total. The summed E-state index contributed by atoms with van der Waals surface area (Å²) in [5.74, 6) is 1.43. The first kappa shape index (κ1) is 25.3. The number of aliphatic hydroxyl groups is 1. The second-order valence-electron chi connectivity index (χ2n) is 10.5. The molecule has 7 heteroatoms. The van der Waals surface area contributed by atoms with E-state index in [-0.39, 0.29) is 18.2 Å². The number of likely N-dealkylation sites (tertiary alicyclic amines) is 1. The maximum absolute atomic E-state index is 13.2. The SMILES string of the molecule is COc1cccc(COc2ccc3c(C)c(CC(=O)N4CC[C@@]5(O)CCCC[C@@H]5C4)c(=O)oc3c2C)c1. The first-order chi connectivity index (χ1) is 17.8. The molecule has 1 aliphatic heterocycles. The highest BCUT2D eigenvalue weighted by atomic mass is 16.5. The van der Waals surface area contributed by atoms with Crippen molar-refractivity contribution in [2.24, 2.45) is 5.92 Å². The Labute approximate surface area is 217 Å². The Morgan fingerprint density at radius 2 is 2.00 bits per heavy atom. The number of carbonyl (C=O) groups is 1. The molecule has 1 aliphatic carbocycles. The molecule has 1 saturated carbocycles. The molecule has 0 radical (unpaired) electrons. The van der Waals surface area contributed by atoms with Crippen LogP contribution in [0.1, 0.15) is 54.4 Å². The molecule has 0 unspecified atom stereocenters. The van der Waals surface area contributed by atoms with E-state index in [0.717, 1.165) is 53.5 Å².